The van der Waals surface area contributed by atoms with Crippen LogP contribution in [0.3, 0.4) is 0 Å². The Kier molecular flexibility index (Phi) is 2.75. The van der Waals surface area contributed by atoms with Crippen LogP contribution >= 0.6 is 7.82 Å². The van der Waals surface area contributed by atoms with Crippen LogP contribution in [0.15, 0.2) is 48.5 Å². The third kappa shape index (κ3) is 2.31. The van der Waals surface area contributed by atoms with E-state index in [1.807, 2.05) is 12.1 Å². The normalized spacial score (nSPS) is 11.9. The van der Waals surface area contributed by atoms with Gasteiger partial charge in [-0.25, -0.2) is 9.55 Å². The summed E-state index contributed by atoms with van der Waals surface area (Å²) in [5, 5.41) is 1.15. The highest BCUT2D eigenvalue weighted by Crippen LogP contribution is 2.43. The first kappa shape index (κ1) is 12.1. The van der Waals surface area contributed by atoms with Gasteiger partial charge in [0, 0.05) is 10.8 Å². The van der Waals surface area contributed by atoms with E-state index in [0.717, 1.165) is 0 Å². The quantitative estimate of drug-likeness (QED) is 0.555. The summed E-state index contributed by atoms with van der Waals surface area (Å²) < 4.78 is 16.0. The molecule has 0 saturated heterocycles. The van der Waals surface area contributed by atoms with Crippen LogP contribution in [0.1, 0.15) is 0 Å². The molecule has 1 aromatic heterocycles. The number of pyridine rings is 1. The number of aromatic nitrogens is 1. The molecule has 0 amide bonds. The summed E-state index contributed by atoms with van der Waals surface area (Å²) in [7, 11) is -4.62. The molecule has 0 aliphatic carbocycles. The second-order valence-electron chi connectivity index (χ2n) is 4.06. The first-order valence-corrected chi connectivity index (χ1v) is 7.10. The van der Waals surface area contributed by atoms with Gasteiger partial charge in [0.15, 0.2) is 0 Å². The van der Waals surface area contributed by atoms with Crippen LogP contribution in [0.4, 0.5) is 0 Å². The van der Waals surface area contributed by atoms with Crippen molar-refractivity contribution in [3.63, 3.8) is 0 Å². The van der Waals surface area contributed by atoms with Crippen LogP contribution in [-0.4, -0.2) is 14.8 Å². The maximum Gasteiger partial charge on any atom is 0.524 e. The number of hydrogen-bond donors (Lipinski definition) is 2. The lowest BCUT2D eigenvalue weighted by Crippen LogP contribution is -1.94. The summed E-state index contributed by atoms with van der Waals surface area (Å²) in [4.78, 5) is 22.6. The predicted octanol–water partition coefficient (Wildman–Crippen LogP) is 2.86. The molecule has 2 aromatic carbocycles. The van der Waals surface area contributed by atoms with Gasteiger partial charge in [0.25, 0.3) is 0 Å². The lowest BCUT2D eigenvalue weighted by atomic mass is 10.1. The van der Waals surface area contributed by atoms with E-state index in [1.165, 1.54) is 0 Å². The highest BCUT2D eigenvalue weighted by atomic mass is 31.2. The van der Waals surface area contributed by atoms with Crippen molar-refractivity contribution in [2.24, 2.45) is 0 Å². The summed E-state index contributed by atoms with van der Waals surface area (Å²) >= 11 is 0. The van der Waals surface area contributed by atoms with E-state index in [2.05, 4.69) is 4.98 Å². The minimum absolute atomic E-state index is 0.162. The second kappa shape index (κ2) is 4.31. The lowest BCUT2D eigenvalue weighted by Gasteiger charge is -2.12. The van der Waals surface area contributed by atoms with Crippen molar-refractivity contribution in [2.75, 3.05) is 0 Å². The number of hydrogen-bond acceptors (Lipinski definition) is 3. The molecule has 3 rings (SSSR count). The third-order valence-corrected chi connectivity index (χ3v) is 3.17. The highest BCUT2D eigenvalue weighted by molar-refractivity contribution is 7.46. The average Bonchev–Trinajstić information content (AvgIpc) is 2.37. The number of phosphoric ester groups is 1. The van der Waals surface area contributed by atoms with Crippen LogP contribution in [0, 0.1) is 0 Å². The third-order valence-electron chi connectivity index (χ3n) is 2.75. The maximum absolute atomic E-state index is 11.1. The van der Waals surface area contributed by atoms with E-state index >= 15 is 0 Å². The first-order valence-electron chi connectivity index (χ1n) is 5.57. The summed E-state index contributed by atoms with van der Waals surface area (Å²) in [5.41, 5.74) is 1.26. The standard InChI is InChI=1S/C13H10NO4P/c15-19(16,17)18-13-9-5-1-3-7-11(9)14-12-8-4-2-6-10(12)13/h1-8H,(H2,15,16,17). The van der Waals surface area contributed by atoms with E-state index < -0.39 is 7.82 Å². The van der Waals surface area contributed by atoms with Crippen LogP contribution in [0.5, 0.6) is 5.75 Å². The topological polar surface area (TPSA) is 79.7 Å². The number of benzene rings is 2. The van der Waals surface area contributed by atoms with Crippen molar-refractivity contribution < 1.29 is 18.9 Å². The van der Waals surface area contributed by atoms with Crippen LogP contribution < -0.4 is 4.52 Å². The molecule has 2 N–H and O–H groups in total. The van der Waals surface area contributed by atoms with Gasteiger partial charge in [0.1, 0.15) is 5.75 Å². The number of phosphoric acid groups is 1. The van der Waals surface area contributed by atoms with Crippen molar-refractivity contribution in [3.05, 3.63) is 48.5 Å². The Labute approximate surface area is 108 Å². The Bertz CT molecular complexity index is 758. The molecule has 0 saturated carbocycles. The van der Waals surface area contributed by atoms with Gasteiger partial charge in [-0.15, -0.1) is 0 Å². The fourth-order valence-electron chi connectivity index (χ4n) is 2.02. The second-order valence-corrected chi connectivity index (χ2v) is 5.22. The summed E-state index contributed by atoms with van der Waals surface area (Å²) in [6.07, 6.45) is 0. The van der Waals surface area contributed by atoms with Crippen LogP contribution in [-0.2, 0) is 4.57 Å². The zero-order valence-electron chi connectivity index (χ0n) is 9.72. The van der Waals surface area contributed by atoms with E-state index in [1.54, 1.807) is 36.4 Å². The Morgan fingerprint density at radius 2 is 1.37 bits per heavy atom. The molecule has 19 heavy (non-hydrogen) atoms. The molecule has 5 nitrogen and oxygen atoms in total. The van der Waals surface area contributed by atoms with Crippen molar-refractivity contribution in [2.45, 2.75) is 0 Å². The van der Waals surface area contributed by atoms with Crippen LogP contribution in [0.25, 0.3) is 21.8 Å². The molecule has 0 bridgehead atoms. The molecule has 3 aromatic rings. The van der Waals surface area contributed by atoms with E-state index in [0.29, 0.717) is 21.8 Å². The summed E-state index contributed by atoms with van der Waals surface area (Å²) in [5.74, 6) is 0.162. The van der Waals surface area contributed by atoms with Gasteiger partial charge < -0.3 is 4.52 Å². The Morgan fingerprint density at radius 3 is 1.84 bits per heavy atom. The minimum atomic E-state index is -4.62. The predicted molar refractivity (Wildman–Crippen MR) is 71.9 cm³/mol. The number of nitrogens with zero attached hydrogens (tertiary/aromatic N) is 1. The smallest absolute Gasteiger partial charge is 0.403 e. The van der Waals surface area contributed by atoms with Gasteiger partial charge >= 0.3 is 7.82 Å². The molecule has 96 valence electrons. The molecular weight excluding hydrogens is 265 g/mol. The van der Waals surface area contributed by atoms with Crippen molar-refractivity contribution >= 4 is 29.6 Å². The molecule has 0 fully saturated rings. The van der Waals surface area contributed by atoms with Gasteiger partial charge in [0.2, 0.25) is 0 Å². The van der Waals surface area contributed by atoms with Crippen molar-refractivity contribution in [1.82, 2.24) is 4.98 Å². The first-order chi connectivity index (χ1) is 9.04. The summed E-state index contributed by atoms with van der Waals surface area (Å²) in [6, 6.07) is 14.1. The Morgan fingerprint density at radius 1 is 0.895 bits per heavy atom. The van der Waals surface area contributed by atoms with Gasteiger partial charge in [-0.1, -0.05) is 24.3 Å². The zero-order valence-corrected chi connectivity index (χ0v) is 10.6. The lowest BCUT2D eigenvalue weighted by molar-refractivity contribution is 0.285. The molecule has 0 aliphatic rings. The highest BCUT2D eigenvalue weighted by Gasteiger charge is 2.20. The maximum atomic E-state index is 11.1. The van der Waals surface area contributed by atoms with E-state index in [9.17, 15) is 4.57 Å². The van der Waals surface area contributed by atoms with Crippen LogP contribution in [0.2, 0.25) is 0 Å². The Hall–Kier alpha value is -1.94. The molecule has 6 heteroatoms. The molecule has 1 heterocycles. The zero-order chi connectivity index (χ0) is 13.5. The monoisotopic (exact) mass is 275 g/mol. The van der Waals surface area contributed by atoms with Crippen molar-refractivity contribution in [3.8, 4) is 5.75 Å². The molecule has 0 radical (unpaired) electrons. The number of fused-ring (bicyclic) bond motifs is 2. The molecule has 0 atom stereocenters. The fourth-order valence-corrected chi connectivity index (χ4v) is 2.45. The summed E-state index contributed by atoms with van der Waals surface area (Å²) in [6.45, 7) is 0. The number of para-hydroxylation sites is 2. The largest absolute Gasteiger partial charge is 0.524 e. The van der Waals surface area contributed by atoms with Crippen molar-refractivity contribution in [1.29, 1.82) is 0 Å². The fraction of sp³-hybridized carbons (Fsp3) is 0. The molecule has 0 aliphatic heterocycles. The van der Waals surface area contributed by atoms with Gasteiger partial charge in [0.05, 0.1) is 11.0 Å². The van der Waals surface area contributed by atoms with E-state index in [-0.39, 0.29) is 5.75 Å². The SMILES string of the molecule is O=P(O)(O)Oc1c2ccccc2nc2ccccc12. The Balaban J connectivity index is 2.43. The average molecular weight is 275 g/mol. The minimum Gasteiger partial charge on any atom is -0.403 e. The molecule has 0 unspecified atom stereocenters. The molecule has 0 spiro atoms. The molecular formula is C13H10NO4P. The van der Waals surface area contributed by atoms with Gasteiger partial charge in [-0.2, -0.15) is 0 Å². The van der Waals surface area contributed by atoms with Gasteiger partial charge in [-0.3, -0.25) is 9.79 Å². The van der Waals surface area contributed by atoms with Gasteiger partial charge in [-0.05, 0) is 24.3 Å². The van der Waals surface area contributed by atoms with E-state index in [4.69, 9.17) is 14.3 Å². The number of rotatable bonds is 2.